The van der Waals surface area contributed by atoms with Gasteiger partial charge in [-0.2, -0.15) is 18.2 Å². The number of allylic oxidation sites excluding steroid dienone is 2. The van der Waals surface area contributed by atoms with Gasteiger partial charge in [0.1, 0.15) is 23.0 Å². The molecule has 1 aliphatic heterocycles. The molecule has 2 aromatic heterocycles. The highest BCUT2D eigenvalue weighted by molar-refractivity contribution is 5.95. The minimum absolute atomic E-state index is 0.0743. The van der Waals surface area contributed by atoms with Crippen molar-refractivity contribution in [3.8, 4) is 11.1 Å². The number of anilines is 4. The van der Waals surface area contributed by atoms with E-state index in [9.17, 15) is 27.5 Å². The van der Waals surface area contributed by atoms with Gasteiger partial charge in [0.25, 0.3) is 0 Å². The molecule has 3 N–H and O–H groups in total. The third-order valence-corrected chi connectivity index (χ3v) is 6.98. The van der Waals surface area contributed by atoms with Crippen LogP contribution in [0.1, 0.15) is 35.2 Å². The fraction of sp³-hybridized carbons (Fsp3) is 0.333. The van der Waals surface area contributed by atoms with Crippen LogP contribution in [0.5, 0.6) is 0 Å². The number of rotatable bonds is 11. The van der Waals surface area contributed by atoms with Gasteiger partial charge in [-0.1, -0.05) is 13.0 Å². The number of nitrogens with one attached hydrogen (secondary N) is 2. The number of carboxylic acid groups (broad SMARTS) is 1. The lowest BCUT2D eigenvalue weighted by molar-refractivity contribution is -0.0878. The van der Waals surface area contributed by atoms with Crippen LogP contribution in [-0.2, 0) is 0 Å². The van der Waals surface area contributed by atoms with Gasteiger partial charge in [0, 0.05) is 61.1 Å². The molecular weight excluding hydrogens is 566 g/mol. The molecule has 0 atom stereocenters. The van der Waals surface area contributed by atoms with Crippen LogP contribution in [0.4, 0.5) is 40.8 Å². The molecule has 1 aromatic carbocycles. The normalized spacial score (nSPS) is 14.1. The standard InChI is InChI=1S/C30H33F4N7O2/c1-19-15-22(7-8-25(19)31)38-29-37-18-24(27(39-29)40(3)13-9-20(2)30(32,33)34)21-16-23(28(42)43)26(36-17-21)35-10-14-41-11-5-4-6-12-41/h7-9,13,15-18H,2,4-6,10-12,14H2,1,3H3,(H,35,36)(H,42,43)(H,37,38,39)/b13-9-. The van der Waals surface area contributed by atoms with E-state index in [1.54, 1.807) is 13.0 Å². The average Bonchev–Trinajstić information content (AvgIpc) is 2.97. The van der Waals surface area contributed by atoms with Gasteiger partial charge in [0.05, 0.1) is 0 Å². The Hall–Kier alpha value is -4.52. The van der Waals surface area contributed by atoms with Gasteiger partial charge < -0.3 is 25.5 Å². The van der Waals surface area contributed by atoms with Crippen LogP contribution in [0, 0.1) is 12.7 Å². The summed E-state index contributed by atoms with van der Waals surface area (Å²) in [6.45, 7) is 7.94. The summed E-state index contributed by atoms with van der Waals surface area (Å²) < 4.78 is 52.9. The molecule has 0 unspecified atom stereocenters. The molecule has 1 aliphatic rings. The maximum atomic E-state index is 13.7. The zero-order chi connectivity index (χ0) is 31.1. The molecule has 3 heterocycles. The molecule has 3 aromatic rings. The van der Waals surface area contributed by atoms with E-state index in [-0.39, 0.29) is 29.0 Å². The van der Waals surface area contributed by atoms with Crippen molar-refractivity contribution in [2.75, 3.05) is 48.8 Å². The summed E-state index contributed by atoms with van der Waals surface area (Å²) in [5.41, 5.74) is 0.411. The highest BCUT2D eigenvalue weighted by Gasteiger charge is 2.30. The van der Waals surface area contributed by atoms with E-state index in [2.05, 4.69) is 37.1 Å². The third kappa shape index (κ3) is 8.28. The van der Waals surface area contributed by atoms with E-state index in [0.29, 0.717) is 28.9 Å². The molecule has 0 spiro atoms. The van der Waals surface area contributed by atoms with E-state index in [0.717, 1.165) is 44.8 Å². The number of piperidine rings is 1. The topological polar surface area (TPSA) is 107 Å². The van der Waals surface area contributed by atoms with Gasteiger partial charge in [0.15, 0.2) is 0 Å². The van der Waals surface area contributed by atoms with E-state index >= 15 is 0 Å². The Morgan fingerprint density at radius 3 is 2.58 bits per heavy atom. The molecule has 1 saturated heterocycles. The number of carboxylic acids is 1. The number of aromatic carboxylic acids is 1. The summed E-state index contributed by atoms with van der Waals surface area (Å²) in [5, 5.41) is 16.0. The van der Waals surface area contributed by atoms with Gasteiger partial charge >= 0.3 is 12.1 Å². The fourth-order valence-electron chi connectivity index (χ4n) is 4.56. The van der Waals surface area contributed by atoms with Crippen molar-refractivity contribution in [3.05, 3.63) is 78.0 Å². The first-order valence-electron chi connectivity index (χ1n) is 13.7. The second-order valence-electron chi connectivity index (χ2n) is 10.2. The fourth-order valence-corrected chi connectivity index (χ4v) is 4.56. The lowest BCUT2D eigenvalue weighted by Gasteiger charge is -2.26. The van der Waals surface area contributed by atoms with Crippen LogP contribution in [0.3, 0.4) is 0 Å². The first-order valence-corrected chi connectivity index (χ1v) is 13.7. The maximum absolute atomic E-state index is 13.7. The Balaban J connectivity index is 1.66. The van der Waals surface area contributed by atoms with E-state index < -0.39 is 17.7 Å². The highest BCUT2D eigenvalue weighted by atomic mass is 19.4. The van der Waals surface area contributed by atoms with Crippen LogP contribution in [0.2, 0.25) is 0 Å². The van der Waals surface area contributed by atoms with Crippen LogP contribution in [-0.4, -0.2) is 70.3 Å². The number of likely N-dealkylation sites (tertiary alicyclic amines) is 1. The summed E-state index contributed by atoms with van der Waals surface area (Å²) in [5.74, 6) is -1.13. The molecule has 0 bridgehead atoms. The van der Waals surface area contributed by atoms with Gasteiger partial charge in [-0.25, -0.2) is 19.2 Å². The molecule has 0 amide bonds. The Morgan fingerprint density at radius 2 is 1.91 bits per heavy atom. The molecule has 4 rings (SSSR count). The van der Waals surface area contributed by atoms with Crippen molar-refractivity contribution in [1.29, 1.82) is 0 Å². The van der Waals surface area contributed by atoms with Gasteiger partial charge in [-0.3, -0.25) is 0 Å². The number of hydrogen-bond donors (Lipinski definition) is 3. The first kappa shape index (κ1) is 31.4. The predicted octanol–water partition coefficient (Wildman–Crippen LogP) is 6.39. The predicted molar refractivity (Wildman–Crippen MR) is 158 cm³/mol. The Bertz CT molecular complexity index is 1500. The molecule has 1 fully saturated rings. The van der Waals surface area contributed by atoms with Crippen molar-refractivity contribution in [2.45, 2.75) is 32.4 Å². The van der Waals surface area contributed by atoms with Crippen molar-refractivity contribution in [2.24, 2.45) is 0 Å². The molecule has 9 nitrogen and oxygen atoms in total. The summed E-state index contributed by atoms with van der Waals surface area (Å²) in [6, 6.07) is 5.76. The van der Waals surface area contributed by atoms with E-state index in [1.165, 1.54) is 49.0 Å². The zero-order valence-electron chi connectivity index (χ0n) is 23.9. The quantitative estimate of drug-likeness (QED) is 0.171. The molecule has 43 heavy (non-hydrogen) atoms. The summed E-state index contributed by atoms with van der Waals surface area (Å²) in [6.07, 6.45) is 3.71. The van der Waals surface area contributed by atoms with Crippen LogP contribution in [0.15, 0.2) is 61.1 Å². The van der Waals surface area contributed by atoms with Crippen molar-refractivity contribution < 1.29 is 27.5 Å². The Kier molecular flexibility index (Phi) is 9.96. The molecule has 0 aliphatic carbocycles. The molecule has 228 valence electrons. The lowest BCUT2D eigenvalue weighted by Crippen LogP contribution is -2.34. The summed E-state index contributed by atoms with van der Waals surface area (Å²) in [4.78, 5) is 29.0. The zero-order valence-corrected chi connectivity index (χ0v) is 23.9. The molecular formula is C30H33F4N7O2. The number of aryl methyl sites for hydroxylation is 1. The van der Waals surface area contributed by atoms with Gasteiger partial charge in [0.2, 0.25) is 5.95 Å². The highest BCUT2D eigenvalue weighted by Crippen LogP contribution is 2.32. The largest absolute Gasteiger partial charge is 0.478 e. The van der Waals surface area contributed by atoms with Crippen molar-refractivity contribution in [3.63, 3.8) is 0 Å². The molecule has 13 heteroatoms. The lowest BCUT2D eigenvalue weighted by atomic mass is 10.1. The van der Waals surface area contributed by atoms with Crippen LogP contribution >= 0.6 is 0 Å². The van der Waals surface area contributed by atoms with Crippen molar-refractivity contribution >= 4 is 29.2 Å². The number of halogens is 4. The van der Waals surface area contributed by atoms with E-state index in [1.807, 2.05) is 0 Å². The second-order valence-corrected chi connectivity index (χ2v) is 10.2. The van der Waals surface area contributed by atoms with Crippen molar-refractivity contribution in [1.82, 2.24) is 19.9 Å². The SMILES string of the molecule is C=C(/C=C\N(C)c1nc(Nc2ccc(F)c(C)c2)ncc1-c1cnc(NCCN2CCCCC2)c(C(=O)O)c1)C(F)(F)F. The minimum Gasteiger partial charge on any atom is -0.478 e. The van der Waals surface area contributed by atoms with Gasteiger partial charge in [-0.05, 0) is 68.8 Å². The second kappa shape index (κ2) is 13.6. The molecule has 0 radical (unpaired) electrons. The number of pyridine rings is 1. The van der Waals surface area contributed by atoms with Crippen LogP contribution in [0.25, 0.3) is 11.1 Å². The van der Waals surface area contributed by atoms with Gasteiger partial charge in [-0.15, -0.1) is 0 Å². The Labute approximate surface area is 247 Å². The maximum Gasteiger partial charge on any atom is 0.415 e. The number of nitrogens with zero attached hydrogens (tertiary/aromatic N) is 5. The Morgan fingerprint density at radius 1 is 1.16 bits per heavy atom. The molecule has 0 saturated carbocycles. The number of alkyl halides is 3. The third-order valence-electron chi connectivity index (χ3n) is 6.98. The van der Waals surface area contributed by atoms with E-state index in [4.69, 9.17) is 0 Å². The first-order chi connectivity index (χ1) is 20.4. The summed E-state index contributed by atoms with van der Waals surface area (Å²) >= 11 is 0. The monoisotopic (exact) mass is 599 g/mol. The average molecular weight is 600 g/mol. The number of aromatic nitrogens is 3. The number of benzene rings is 1. The minimum atomic E-state index is -4.61. The number of hydrogen-bond acceptors (Lipinski definition) is 8. The van der Waals surface area contributed by atoms with Crippen LogP contribution < -0.4 is 15.5 Å². The smallest absolute Gasteiger partial charge is 0.415 e. The summed E-state index contributed by atoms with van der Waals surface area (Å²) in [7, 11) is 1.49. The number of carbonyl (C=O) groups is 1.